The molecule has 5 N–H and O–H groups in total. The summed E-state index contributed by atoms with van der Waals surface area (Å²) >= 11 is 0. The summed E-state index contributed by atoms with van der Waals surface area (Å²) in [7, 11) is 1.74. The van der Waals surface area contributed by atoms with E-state index in [0.717, 1.165) is 18.0 Å². The Kier molecular flexibility index (Phi) is 6.31. The zero-order valence-electron chi connectivity index (χ0n) is 16.4. The number of hydrogen-bond acceptors (Lipinski definition) is 7. The number of nitrogens with one attached hydrogen (secondary N) is 3. The number of allylic oxidation sites excluding steroid dienone is 1. The topological polar surface area (TPSA) is 112 Å². The predicted molar refractivity (Wildman–Crippen MR) is 112 cm³/mol. The van der Waals surface area contributed by atoms with Gasteiger partial charge in [0.15, 0.2) is 0 Å². The Balaban J connectivity index is 2.06. The summed E-state index contributed by atoms with van der Waals surface area (Å²) in [5.41, 5.74) is 17.4. The Labute approximate surface area is 172 Å². The van der Waals surface area contributed by atoms with Gasteiger partial charge in [-0.3, -0.25) is 9.97 Å². The van der Waals surface area contributed by atoms with E-state index in [1.807, 2.05) is 6.07 Å². The second kappa shape index (κ2) is 9.08. The zero-order chi connectivity index (χ0) is 21.7. The third kappa shape index (κ3) is 4.57. The molecule has 2 aromatic heterocycles. The third-order valence-corrected chi connectivity index (χ3v) is 4.51. The first-order chi connectivity index (χ1) is 14.4. The molecule has 0 saturated heterocycles. The molecule has 0 aliphatic rings. The number of nitrogens with zero attached hydrogens (tertiary/aromatic N) is 3. The van der Waals surface area contributed by atoms with Crippen molar-refractivity contribution in [1.82, 2.24) is 15.3 Å². The van der Waals surface area contributed by atoms with Crippen molar-refractivity contribution in [2.24, 2.45) is 5.11 Å². The van der Waals surface area contributed by atoms with Gasteiger partial charge in [-0.2, -0.15) is 5.11 Å². The summed E-state index contributed by atoms with van der Waals surface area (Å²) in [4.78, 5) is 8.29. The van der Waals surface area contributed by atoms with Gasteiger partial charge in [-0.1, -0.05) is 6.07 Å². The SMILES string of the molecule is CN/C(=C(/C)N=N)c1ccc(N)c(NC(c2ccc(F)cn2)c2ccc(F)cn2)c1. The van der Waals surface area contributed by atoms with Crippen molar-refractivity contribution in [2.75, 3.05) is 18.1 Å². The molecule has 3 aromatic rings. The van der Waals surface area contributed by atoms with Gasteiger partial charge in [-0.15, -0.1) is 0 Å². The van der Waals surface area contributed by atoms with E-state index in [1.165, 1.54) is 24.3 Å². The summed E-state index contributed by atoms with van der Waals surface area (Å²) in [5, 5.41) is 9.79. The molecular formula is C21H21F2N7. The molecule has 0 aliphatic carbocycles. The average Bonchev–Trinajstić information content (AvgIpc) is 2.75. The molecule has 0 atom stereocenters. The van der Waals surface area contributed by atoms with E-state index in [4.69, 9.17) is 11.3 Å². The fraction of sp³-hybridized carbons (Fsp3) is 0.143. The summed E-state index contributed by atoms with van der Waals surface area (Å²) in [6.07, 6.45) is 2.21. The van der Waals surface area contributed by atoms with Gasteiger partial charge in [-0.05, 0) is 43.3 Å². The lowest BCUT2D eigenvalue weighted by atomic mass is 10.0. The van der Waals surface area contributed by atoms with Crippen LogP contribution in [0.5, 0.6) is 0 Å². The van der Waals surface area contributed by atoms with Crippen LogP contribution in [-0.4, -0.2) is 17.0 Å². The Morgan fingerprint density at radius 2 is 1.63 bits per heavy atom. The zero-order valence-corrected chi connectivity index (χ0v) is 16.4. The number of nitrogen functional groups attached to an aromatic ring is 1. The Morgan fingerprint density at radius 1 is 1.03 bits per heavy atom. The highest BCUT2D eigenvalue weighted by Gasteiger charge is 2.19. The number of nitrogens with two attached hydrogens (primary N) is 1. The van der Waals surface area contributed by atoms with Crippen LogP contribution in [0.1, 0.15) is 29.9 Å². The van der Waals surface area contributed by atoms with Crippen molar-refractivity contribution < 1.29 is 8.78 Å². The monoisotopic (exact) mass is 409 g/mol. The Hall–Kier alpha value is -3.88. The van der Waals surface area contributed by atoms with Gasteiger partial charge in [0.05, 0.1) is 46.6 Å². The molecule has 0 spiro atoms. The fourth-order valence-corrected chi connectivity index (χ4v) is 3.00. The van der Waals surface area contributed by atoms with Gasteiger partial charge in [0.1, 0.15) is 17.7 Å². The smallest absolute Gasteiger partial charge is 0.141 e. The van der Waals surface area contributed by atoms with Crippen molar-refractivity contribution in [3.8, 4) is 0 Å². The minimum atomic E-state index is -0.604. The van der Waals surface area contributed by atoms with Gasteiger partial charge in [0.25, 0.3) is 0 Å². The molecule has 0 aliphatic heterocycles. The summed E-state index contributed by atoms with van der Waals surface area (Å²) in [6, 6.07) is 10.4. The molecule has 0 saturated carbocycles. The fourth-order valence-electron chi connectivity index (χ4n) is 3.00. The molecule has 0 amide bonds. The van der Waals surface area contributed by atoms with E-state index in [0.29, 0.717) is 34.2 Å². The maximum absolute atomic E-state index is 13.4. The number of aromatic nitrogens is 2. The number of halogens is 2. The van der Waals surface area contributed by atoms with Gasteiger partial charge in [0.2, 0.25) is 0 Å². The summed E-state index contributed by atoms with van der Waals surface area (Å²) < 4.78 is 26.8. The van der Waals surface area contributed by atoms with E-state index in [1.54, 1.807) is 26.1 Å². The van der Waals surface area contributed by atoms with Crippen molar-refractivity contribution in [1.29, 1.82) is 5.53 Å². The number of benzene rings is 1. The van der Waals surface area contributed by atoms with E-state index in [9.17, 15) is 8.78 Å². The van der Waals surface area contributed by atoms with Crippen molar-refractivity contribution in [2.45, 2.75) is 13.0 Å². The van der Waals surface area contributed by atoms with Gasteiger partial charge in [-0.25, -0.2) is 14.3 Å². The molecule has 0 fully saturated rings. The second-order valence-electron chi connectivity index (χ2n) is 6.50. The molecule has 30 heavy (non-hydrogen) atoms. The largest absolute Gasteiger partial charge is 0.397 e. The van der Waals surface area contributed by atoms with Crippen LogP contribution in [0.15, 0.2) is 65.7 Å². The van der Waals surface area contributed by atoms with Gasteiger partial charge >= 0.3 is 0 Å². The number of hydrogen-bond donors (Lipinski definition) is 4. The number of anilines is 2. The molecule has 1 aromatic carbocycles. The Morgan fingerprint density at radius 3 is 2.10 bits per heavy atom. The molecular weight excluding hydrogens is 388 g/mol. The van der Waals surface area contributed by atoms with E-state index >= 15 is 0 Å². The van der Waals surface area contributed by atoms with E-state index in [2.05, 4.69) is 25.7 Å². The van der Waals surface area contributed by atoms with Crippen LogP contribution in [0.25, 0.3) is 5.70 Å². The van der Waals surface area contributed by atoms with Gasteiger partial charge in [0, 0.05) is 12.6 Å². The van der Waals surface area contributed by atoms with Gasteiger partial charge < -0.3 is 16.4 Å². The first kappa shape index (κ1) is 20.8. The number of pyridine rings is 2. The third-order valence-electron chi connectivity index (χ3n) is 4.51. The van der Waals surface area contributed by atoms with Crippen LogP contribution in [0.3, 0.4) is 0 Å². The summed E-state index contributed by atoms with van der Waals surface area (Å²) in [6.45, 7) is 1.72. The summed E-state index contributed by atoms with van der Waals surface area (Å²) in [5.74, 6) is -0.936. The van der Waals surface area contributed by atoms with Crippen LogP contribution in [0.2, 0.25) is 0 Å². The van der Waals surface area contributed by atoms with Crippen LogP contribution >= 0.6 is 0 Å². The average molecular weight is 409 g/mol. The minimum absolute atomic E-state index is 0.462. The van der Waals surface area contributed by atoms with Crippen molar-refractivity contribution >= 4 is 17.1 Å². The molecule has 7 nitrogen and oxygen atoms in total. The highest BCUT2D eigenvalue weighted by atomic mass is 19.1. The lowest BCUT2D eigenvalue weighted by Crippen LogP contribution is -2.17. The Bertz CT molecular complexity index is 1020. The molecule has 2 heterocycles. The maximum Gasteiger partial charge on any atom is 0.141 e. The minimum Gasteiger partial charge on any atom is -0.397 e. The molecule has 0 unspecified atom stereocenters. The van der Waals surface area contributed by atoms with Crippen molar-refractivity contribution in [3.05, 3.63) is 89.1 Å². The van der Waals surface area contributed by atoms with Crippen molar-refractivity contribution in [3.63, 3.8) is 0 Å². The molecule has 9 heteroatoms. The molecule has 0 radical (unpaired) electrons. The predicted octanol–water partition coefficient (Wildman–Crippen LogP) is 4.48. The second-order valence-corrected chi connectivity index (χ2v) is 6.50. The van der Waals surface area contributed by atoms with Crippen LogP contribution in [-0.2, 0) is 0 Å². The normalized spacial score (nSPS) is 11.8. The molecule has 154 valence electrons. The maximum atomic E-state index is 13.4. The highest BCUT2D eigenvalue weighted by molar-refractivity contribution is 5.76. The first-order valence-corrected chi connectivity index (χ1v) is 9.08. The molecule has 3 rings (SSSR count). The number of rotatable bonds is 7. The first-order valence-electron chi connectivity index (χ1n) is 9.08. The quantitative estimate of drug-likeness (QED) is 0.340. The van der Waals surface area contributed by atoms with Crippen LogP contribution in [0, 0.1) is 17.2 Å². The van der Waals surface area contributed by atoms with Crippen LogP contribution in [0.4, 0.5) is 20.2 Å². The van der Waals surface area contributed by atoms with Crippen LogP contribution < -0.4 is 16.4 Å². The lowest BCUT2D eigenvalue weighted by Gasteiger charge is -2.21. The lowest BCUT2D eigenvalue weighted by molar-refractivity contribution is 0.614. The van der Waals surface area contributed by atoms with E-state index in [-0.39, 0.29) is 0 Å². The molecule has 0 bridgehead atoms. The standard InChI is InChI=1S/C21H21F2N7/c1-12(30-25)20(26-2)13-3-6-16(24)19(9-13)29-21(17-7-4-14(22)10-27-17)18-8-5-15(23)11-28-18/h3-11,21,25-26,29H,24H2,1-2H3/b20-12-,30-25?. The highest BCUT2D eigenvalue weighted by Crippen LogP contribution is 2.30. The van der Waals surface area contributed by atoms with E-state index < -0.39 is 17.7 Å².